The number of hydrogen-bond donors (Lipinski definition) is 1. The predicted molar refractivity (Wildman–Crippen MR) is 116 cm³/mol. The topological polar surface area (TPSA) is 83.4 Å². The average Bonchev–Trinajstić information content (AvgIpc) is 3.25. The third kappa shape index (κ3) is 4.17. The Balaban J connectivity index is 1.78. The van der Waals surface area contributed by atoms with Gasteiger partial charge in [0, 0.05) is 12.1 Å². The molecule has 0 fully saturated rings. The number of pyridine rings is 1. The molecule has 0 atom stereocenters. The van der Waals surface area contributed by atoms with E-state index in [1.165, 1.54) is 18.4 Å². The molecule has 2 aromatic carbocycles. The van der Waals surface area contributed by atoms with Gasteiger partial charge >= 0.3 is 0 Å². The first kappa shape index (κ1) is 21.0. The number of hydrogen-bond acceptors (Lipinski definition) is 4. The third-order valence-corrected chi connectivity index (χ3v) is 7.14. The van der Waals surface area contributed by atoms with E-state index < -0.39 is 15.8 Å². The zero-order valence-electron chi connectivity index (χ0n) is 17.1. The molecule has 0 bridgehead atoms. The van der Waals surface area contributed by atoms with Crippen LogP contribution in [0, 0.1) is 19.7 Å². The van der Waals surface area contributed by atoms with Crippen molar-refractivity contribution in [2.75, 3.05) is 0 Å². The summed E-state index contributed by atoms with van der Waals surface area (Å²) >= 11 is 0. The zero-order valence-corrected chi connectivity index (χ0v) is 17.9. The molecular formula is C23H21FN2O4S. The summed E-state index contributed by atoms with van der Waals surface area (Å²) in [6, 6.07) is 13.5. The van der Waals surface area contributed by atoms with Crippen molar-refractivity contribution < 1.29 is 17.2 Å². The van der Waals surface area contributed by atoms with Crippen molar-refractivity contribution in [2.24, 2.45) is 0 Å². The highest BCUT2D eigenvalue weighted by Crippen LogP contribution is 2.23. The number of aryl methyl sites for hydroxylation is 2. The lowest BCUT2D eigenvalue weighted by Crippen LogP contribution is -2.32. The SMILES string of the molecule is Cc1ccc2cc(CN(Cc3ccco3)S(=O)(=O)c3ccc(F)cc3)c(=O)[nH]c2c1C. The summed E-state index contributed by atoms with van der Waals surface area (Å²) in [6.45, 7) is 3.65. The van der Waals surface area contributed by atoms with Crippen molar-refractivity contribution >= 4 is 20.9 Å². The smallest absolute Gasteiger partial charge is 0.252 e. The fourth-order valence-electron chi connectivity index (χ4n) is 3.44. The molecule has 4 aromatic rings. The number of aromatic amines is 1. The van der Waals surface area contributed by atoms with Crippen LogP contribution in [0.3, 0.4) is 0 Å². The summed E-state index contributed by atoms with van der Waals surface area (Å²) in [5.74, 6) is -0.109. The Morgan fingerprint density at radius 3 is 2.45 bits per heavy atom. The molecule has 1 N–H and O–H groups in total. The molecule has 6 nitrogen and oxygen atoms in total. The van der Waals surface area contributed by atoms with Crippen molar-refractivity contribution in [3.8, 4) is 0 Å². The molecule has 0 saturated heterocycles. The van der Waals surface area contributed by atoms with Crippen LogP contribution in [0.4, 0.5) is 4.39 Å². The Morgan fingerprint density at radius 2 is 1.77 bits per heavy atom. The van der Waals surface area contributed by atoms with Crippen molar-refractivity contribution in [1.29, 1.82) is 0 Å². The standard InChI is InChI=1S/C23H21FN2O4S/c1-15-5-6-17-12-18(23(27)25-22(17)16(15)2)13-26(14-20-4-3-11-30-20)31(28,29)21-9-7-19(24)8-10-21/h3-12H,13-14H2,1-2H3,(H,25,27). The van der Waals surface area contributed by atoms with E-state index in [0.717, 1.165) is 38.5 Å². The summed E-state index contributed by atoms with van der Waals surface area (Å²) in [5, 5.41) is 0.815. The molecule has 4 rings (SSSR count). The van der Waals surface area contributed by atoms with Crippen LogP contribution in [0.25, 0.3) is 10.9 Å². The van der Waals surface area contributed by atoms with Crippen LogP contribution in [0.1, 0.15) is 22.5 Å². The number of rotatable bonds is 6. The summed E-state index contributed by atoms with van der Waals surface area (Å²) in [4.78, 5) is 15.6. The van der Waals surface area contributed by atoms with Gasteiger partial charge in [-0.3, -0.25) is 4.79 Å². The second-order valence-electron chi connectivity index (χ2n) is 7.40. The minimum atomic E-state index is -4.02. The van der Waals surface area contributed by atoms with E-state index in [1.54, 1.807) is 18.2 Å². The molecule has 0 spiro atoms. The zero-order chi connectivity index (χ0) is 22.2. The van der Waals surface area contributed by atoms with Gasteiger partial charge in [-0.2, -0.15) is 4.31 Å². The molecule has 2 aromatic heterocycles. The first-order valence-electron chi connectivity index (χ1n) is 9.66. The van der Waals surface area contributed by atoms with E-state index in [2.05, 4.69) is 4.98 Å². The molecule has 160 valence electrons. The quantitative estimate of drug-likeness (QED) is 0.485. The van der Waals surface area contributed by atoms with Crippen LogP contribution in [0.15, 0.2) is 75.0 Å². The largest absolute Gasteiger partial charge is 0.468 e. The summed E-state index contributed by atoms with van der Waals surface area (Å²) in [5.41, 5.74) is 2.68. The molecule has 31 heavy (non-hydrogen) atoms. The third-order valence-electron chi connectivity index (χ3n) is 5.34. The molecule has 2 heterocycles. The van der Waals surface area contributed by atoms with Crippen LogP contribution in [0.5, 0.6) is 0 Å². The van der Waals surface area contributed by atoms with Crippen molar-refractivity contribution in [1.82, 2.24) is 9.29 Å². The van der Waals surface area contributed by atoms with Crippen molar-refractivity contribution in [2.45, 2.75) is 31.8 Å². The summed E-state index contributed by atoms with van der Waals surface area (Å²) in [7, 11) is -4.02. The number of H-pyrrole nitrogens is 1. The van der Waals surface area contributed by atoms with E-state index in [1.807, 2.05) is 26.0 Å². The van der Waals surface area contributed by atoms with E-state index in [-0.39, 0.29) is 23.5 Å². The second kappa shape index (κ2) is 8.13. The Morgan fingerprint density at radius 1 is 1.03 bits per heavy atom. The van der Waals surface area contributed by atoms with Crippen LogP contribution < -0.4 is 5.56 Å². The van der Waals surface area contributed by atoms with Gasteiger partial charge in [0.15, 0.2) is 0 Å². The fourth-order valence-corrected chi connectivity index (χ4v) is 4.82. The number of fused-ring (bicyclic) bond motifs is 1. The van der Waals surface area contributed by atoms with E-state index in [0.29, 0.717) is 11.3 Å². The van der Waals surface area contributed by atoms with Gasteiger partial charge in [-0.1, -0.05) is 12.1 Å². The van der Waals surface area contributed by atoms with Crippen LogP contribution >= 0.6 is 0 Å². The first-order chi connectivity index (χ1) is 14.8. The lowest BCUT2D eigenvalue weighted by atomic mass is 10.0. The molecular weight excluding hydrogens is 419 g/mol. The predicted octanol–water partition coefficient (Wildman–Crippen LogP) is 4.27. The monoisotopic (exact) mass is 440 g/mol. The highest BCUT2D eigenvalue weighted by Gasteiger charge is 2.27. The van der Waals surface area contributed by atoms with Gasteiger partial charge < -0.3 is 9.40 Å². The number of furan rings is 1. The molecule has 0 aliphatic carbocycles. The van der Waals surface area contributed by atoms with Gasteiger partial charge in [-0.25, -0.2) is 12.8 Å². The maximum atomic E-state index is 13.3. The number of halogens is 1. The average molecular weight is 440 g/mol. The maximum Gasteiger partial charge on any atom is 0.252 e. The van der Waals surface area contributed by atoms with Gasteiger partial charge in [0.1, 0.15) is 11.6 Å². The van der Waals surface area contributed by atoms with E-state index >= 15 is 0 Å². The van der Waals surface area contributed by atoms with Crippen molar-refractivity contribution in [3.05, 3.63) is 99.5 Å². The fraction of sp³-hybridized carbons (Fsp3) is 0.174. The Labute approximate surface area is 179 Å². The summed E-state index contributed by atoms with van der Waals surface area (Å²) in [6.07, 6.45) is 1.45. The number of nitrogens with one attached hydrogen (secondary N) is 1. The molecule has 0 aliphatic rings. The van der Waals surface area contributed by atoms with Crippen LogP contribution in [0.2, 0.25) is 0 Å². The number of nitrogens with zero attached hydrogens (tertiary/aromatic N) is 1. The number of benzene rings is 2. The molecule has 0 unspecified atom stereocenters. The Kier molecular flexibility index (Phi) is 5.51. The molecule has 0 saturated carbocycles. The molecule has 0 aliphatic heterocycles. The Bertz CT molecular complexity index is 1390. The van der Waals surface area contributed by atoms with Crippen LogP contribution in [-0.2, 0) is 23.1 Å². The normalized spacial score (nSPS) is 12.0. The van der Waals surface area contributed by atoms with Gasteiger partial charge in [0.2, 0.25) is 10.0 Å². The van der Waals surface area contributed by atoms with Gasteiger partial charge in [0.25, 0.3) is 5.56 Å². The minimum Gasteiger partial charge on any atom is -0.468 e. The van der Waals surface area contributed by atoms with Crippen LogP contribution in [-0.4, -0.2) is 17.7 Å². The Hall–Kier alpha value is -3.23. The van der Waals surface area contributed by atoms with Crippen molar-refractivity contribution in [3.63, 3.8) is 0 Å². The van der Waals surface area contributed by atoms with Gasteiger partial charge in [0.05, 0.1) is 23.2 Å². The van der Waals surface area contributed by atoms with Gasteiger partial charge in [-0.15, -0.1) is 0 Å². The van der Waals surface area contributed by atoms with E-state index in [9.17, 15) is 17.6 Å². The minimum absolute atomic E-state index is 0.0656. The number of sulfonamides is 1. The molecule has 0 amide bonds. The maximum absolute atomic E-state index is 13.3. The van der Waals surface area contributed by atoms with Gasteiger partial charge in [-0.05, 0) is 72.8 Å². The van der Waals surface area contributed by atoms with E-state index in [4.69, 9.17) is 4.42 Å². The molecule has 0 radical (unpaired) electrons. The second-order valence-corrected chi connectivity index (χ2v) is 9.34. The summed E-state index contributed by atoms with van der Waals surface area (Å²) < 4.78 is 46.4. The first-order valence-corrected chi connectivity index (χ1v) is 11.1. The highest BCUT2D eigenvalue weighted by molar-refractivity contribution is 7.89. The lowest BCUT2D eigenvalue weighted by molar-refractivity contribution is 0.357. The molecule has 8 heteroatoms. The lowest BCUT2D eigenvalue weighted by Gasteiger charge is -2.21. The number of aromatic nitrogens is 1. The highest BCUT2D eigenvalue weighted by atomic mass is 32.2.